The molecule has 3 nitrogen and oxygen atoms in total. The summed E-state index contributed by atoms with van der Waals surface area (Å²) in [6.07, 6.45) is 0.488. The van der Waals surface area contributed by atoms with E-state index in [9.17, 15) is 9.18 Å². The Hall–Kier alpha value is -2.49. The first-order chi connectivity index (χ1) is 11.8. The minimum absolute atomic E-state index is 0.0191. The molecule has 0 aliphatic heterocycles. The Morgan fingerprint density at radius 1 is 1.24 bits per heavy atom. The topological polar surface area (TPSA) is 34.9 Å². The minimum atomic E-state index is -0.311. The van der Waals surface area contributed by atoms with Crippen molar-refractivity contribution in [1.29, 1.82) is 0 Å². The lowest BCUT2D eigenvalue weighted by Gasteiger charge is -2.16. The van der Waals surface area contributed by atoms with E-state index in [2.05, 4.69) is 5.10 Å². The molecule has 0 saturated carbocycles. The SMILES string of the molecule is CCc1c(F)ccc(-c2ccc3c(c2)c(C)nn3C)c1C(=O)C(C)C. The van der Waals surface area contributed by atoms with Gasteiger partial charge in [0, 0.05) is 23.9 Å². The zero-order valence-corrected chi connectivity index (χ0v) is 15.4. The van der Waals surface area contributed by atoms with Crippen molar-refractivity contribution >= 4 is 16.7 Å². The fourth-order valence-electron chi connectivity index (χ4n) is 3.39. The second-order valence-corrected chi connectivity index (χ2v) is 6.76. The van der Waals surface area contributed by atoms with Gasteiger partial charge in [0.1, 0.15) is 5.82 Å². The summed E-state index contributed by atoms with van der Waals surface area (Å²) >= 11 is 0. The van der Waals surface area contributed by atoms with Crippen molar-refractivity contribution < 1.29 is 9.18 Å². The van der Waals surface area contributed by atoms with E-state index in [0.29, 0.717) is 17.5 Å². The lowest BCUT2D eigenvalue weighted by Crippen LogP contribution is -2.13. The Morgan fingerprint density at radius 2 is 1.96 bits per heavy atom. The molecule has 0 spiro atoms. The van der Waals surface area contributed by atoms with Crippen molar-refractivity contribution in [3.8, 4) is 11.1 Å². The van der Waals surface area contributed by atoms with Gasteiger partial charge in [-0.25, -0.2) is 4.39 Å². The van der Waals surface area contributed by atoms with Gasteiger partial charge in [-0.1, -0.05) is 32.9 Å². The molecule has 3 rings (SSSR count). The number of carbonyl (C=O) groups is 1. The molecule has 0 radical (unpaired) electrons. The third-order valence-corrected chi connectivity index (χ3v) is 4.73. The molecule has 0 aliphatic carbocycles. The number of fused-ring (bicyclic) bond motifs is 1. The summed E-state index contributed by atoms with van der Waals surface area (Å²) in [6, 6.07) is 9.21. The van der Waals surface area contributed by atoms with Crippen molar-refractivity contribution in [2.24, 2.45) is 13.0 Å². The number of benzene rings is 2. The summed E-state index contributed by atoms with van der Waals surface area (Å²) in [6.45, 7) is 7.55. The van der Waals surface area contributed by atoms with Crippen LogP contribution in [0.3, 0.4) is 0 Å². The van der Waals surface area contributed by atoms with Gasteiger partial charge in [-0.3, -0.25) is 9.48 Å². The van der Waals surface area contributed by atoms with Crippen molar-refractivity contribution in [2.45, 2.75) is 34.1 Å². The van der Waals surface area contributed by atoms with E-state index in [-0.39, 0.29) is 17.5 Å². The molecule has 0 unspecified atom stereocenters. The second kappa shape index (κ2) is 6.43. The lowest BCUT2D eigenvalue weighted by molar-refractivity contribution is 0.0938. The van der Waals surface area contributed by atoms with Crippen LogP contribution in [0.5, 0.6) is 0 Å². The van der Waals surface area contributed by atoms with Gasteiger partial charge in [-0.05, 0) is 48.2 Å². The Bertz CT molecular complexity index is 970. The molecular weight excluding hydrogens is 315 g/mol. The molecule has 1 aromatic heterocycles. The summed E-state index contributed by atoms with van der Waals surface area (Å²) in [7, 11) is 1.91. The third kappa shape index (κ3) is 2.86. The van der Waals surface area contributed by atoms with Gasteiger partial charge >= 0.3 is 0 Å². The molecule has 0 bridgehead atoms. The predicted octanol–water partition coefficient (Wildman–Crippen LogP) is 5.09. The second-order valence-electron chi connectivity index (χ2n) is 6.76. The van der Waals surface area contributed by atoms with E-state index in [1.54, 1.807) is 6.07 Å². The van der Waals surface area contributed by atoms with E-state index >= 15 is 0 Å². The van der Waals surface area contributed by atoms with E-state index in [4.69, 9.17) is 0 Å². The summed E-state index contributed by atoms with van der Waals surface area (Å²) in [4.78, 5) is 12.8. The van der Waals surface area contributed by atoms with Crippen LogP contribution >= 0.6 is 0 Å². The Morgan fingerprint density at radius 3 is 2.60 bits per heavy atom. The first-order valence-corrected chi connectivity index (χ1v) is 8.64. The fourth-order valence-corrected chi connectivity index (χ4v) is 3.39. The molecule has 1 heterocycles. The van der Waals surface area contributed by atoms with Crippen molar-refractivity contribution in [3.63, 3.8) is 0 Å². The first kappa shape index (κ1) is 17.3. The van der Waals surface area contributed by atoms with Crippen LogP contribution in [0, 0.1) is 18.7 Å². The molecule has 4 heteroatoms. The average molecular weight is 338 g/mol. The molecule has 130 valence electrons. The summed E-state index contributed by atoms with van der Waals surface area (Å²) < 4.78 is 16.2. The van der Waals surface area contributed by atoms with E-state index in [0.717, 1.165) is 27.7 Å². The number of ketones is 1. The van der Waals surface area contributed by atoms with Crippen LogP contribution in [0.15, 0.2) is 30.3 Å². The van der Waals surface area contributed by atoms with Gasteiger partial charge in [0.15, 0.2) is 5.78 Å². The highest BCUT2D eigenvalue weighted by Gasteiger charge is 2.22. The number of nitrogens with zero attached hydrogens (tertiary/aromatic N) is 2. The summed E-state index contributed by atoms with van der Waals surface area (Å²) in [5, 5.41) is 5.49. The molecule has 0 saturated heterocycles. The van der Waals surface area contributed by atoms with Crippen LogP contribution in [0.1, 0.15) is 42.4 Å². The van der Waals surface area contributed by atoms with Crippen LogP contribution in [0.2, 0.25) is 0 Å². The maximum absolute atomic E-state index is 14.3. The molecule has 3 aromatic rings. The van der Waals surface area contributed by atoms with E-state index in [1.165, 1.54) is 6.07 Å². The molecule has 0 N–H and O–H groups in total. The zero-order chi connectivity index (χ0) is 18.3. The van der Waals surface area contributed by atoms with Crippen LogP contribution in [0.25, 0.3) is 22.0 Å². The molecule has 2 aromatic carbocycles. The number of hydrogen-bond acceptors (Lipinski definition) is 2. The molecular formula is C21H23FN2O. The highest BCUT2D eigenvalue weighted by Crippen LogP contribution is 2.33. The Labute approximate surface area is 147 Å². The van der Waals surface area contributed by atoms with Gasteiger partial charge in [-0.2, -0.15) is 5.10 Å². The van der Waals surface area contributed by atoms with Crippen molar-refractivity contribution in [2.75, 3.05) is 0 Å². The van der Waals surface area contributed by atoms with E-state index in [1.807, 2.05) is 57.6 Å². The normalized spacial score (nSPS) is 11.5. The molecule has 0 amide bonds. The average Bonchev–Trinajstić information content (AvgIpc) is 2.87. The van der Waals surface area contributed by atoms with Crippen molar-refractivity contribution in [3.05, 3.63) is 53.0 Å². The Balaban J connectivity index is 2.30. The lowest BCUT2D eigenvalue weighted by atomic mass is 9.87. The standard InChI is InChI=1S/C21H23FN2O/c1-6-15-18(22)9-8-16(20(15)21(25)12(2)3)14-7-10-19-17(11-14)13(4)23-24(19)5/h7-12H,6H2,1-5H3. The number of rotatable bonds is 4. The number of halogens is 1. The van der Waals surface area contributed by atoms with Crippen LogP contribution < -0.4 is 0 Å². The predicted molar refractivity (Wildman–Crippen MR) is 99.4 cm³/mol. The molecule has 25 heavy (non-hydrogen) atoms. The van der Waals surface area contributed by atoms with Gasteiger partial charge in [-0.15, -0.1) is 0 Å². The summed E-state index contributed by atoms with van der Waals surface area (Å²) in [5.74, 6) is -0.516. The van der Waals surface area contributed by atoms with Gasteiger partial charge in [0.2, 0.25) is 0 Å². The first-order valence-electron chi connectivity index (χ1n) is 8.64. The number of aryl methyl sites for hydroxylation is 2. The van der Waals surface area contributed by atoms with Gasteiger partial charge in [0.25, 0.3) is 0 Å². The molecule has 0 fully saturated rings. The number of hydrogen-bond donors (Lipinski definition) is 0. The quantitative estimate of drug-likeness (QED) is 0.621. The van der Waals surface area contributed by atoms with Crippen LogP contribution in [-0.4, -0.2) is 15.6 Å². The number of aromatic nitrogens is 2. The van der Waals surface area contributed by atoms with E-state index < -0.39 is 0 Å². The monoisotopic (exact) mass is 338 g/mol. The van der Waals surface area contributed by atoms with Gasteiger partial charge < -0.3 is 0 Å². The summed E-state index contributed by atoms with van der Waals surface area (Å²) in [5.41, 5.74) is 4.70. The molecule has 0 atom stereocenters. The highest BCUT2D eigenvalue weighted by molar-refractivity contribution is 6.05. The largest absolute Gasteiger partial charge is 0.294 e. The van der Waals surface area contributed by atoms with Crippen LogP contribution in [-0.2, 0) is 13.5 Å². The third-order valence-electron chi connectivity index (χ3n) is 4.73. The minimum Gasteiger partial charge on any atom is -0.294 e. The van der Waals surface area contributed by atoms with Gasteiger partial charge in [0.05, 0.1) is 11.2 Å². The fraction of sp³-hybridized carbons (Fsp3) is 0.333. The smallest absolute Gasteiger partial charge is 0.166 e. The highest BCUT2D eigenvalue weighted by atomic mass is 19.1. The zero-order valence-electron chi connectivity index (χ0n) is 15.4. The number of carbonyl (C=O) groups excluding carboxylic acids is 1. The van der Waals surface area contributed by atoms with Crippen molar-refractivity contribution in [1.82, 2.24) is 9.78 Å². The Kier molecular flexibility index (Phi) is 4.46. The maximum Gasteiger partial charge on any atom is 0.166 e. The number of Topliss-reactive ketones (excluding diaryl/α,β-unsaturated/α-hetero) is 1. The van der Waals surface area contributed by atoms with Crippen LogP contribution in [0.4, 0.5) is 4.39 Å². The maximum atomic E-state index is 14.3. The molecule has 0 aliphatic rings.